The second-order valence-corrected chi connectivity index (χ2v) is 6.20. The van der Waals surface area contributed by atoms with Crippen molar-refractivity contribution in [2.75, 3.05) is 17.7 Å². The molecule has 27 heavy (non-hydrogen) atoms. The second-order valence-electron chi connectivity index (χ2n) is 6.20. The zero-order valence-corrected chi connectivity index (χ0v) is 15.6. The number of hydrogen-bond donors (Lipinski definition) is 2. The fourth-order valence-electron chi connectivity index (χ4n) is 2.68. The van der Waals surface area contributed by atoms with E-state index in [1.165, 1.54) is 0 Å². The van der Waals surface area contributed by atoms with Crippen LogP contribution in [0.25, 0.3) is 0 Å². The minimum atomic E-state index is -0.322. The van der Waals surface area contributed by atoms with E-state index in [2.05, 4.69) is 20.6 Å². The van der Waals surface area contributed by atoms with Gasteiger partial charge in [0.1, 0.15) is 11.4 Å². The summed E-state index contributed by atoms with van der Waals surface area (Å²) in [6.07, 6.45) is 1.56. The van der Waals surface area contributed by atoms with Gasteiger partial charge < -0.3 is 15.4 Å². The lowest BCUT2D eigenvalue weighted by atomic mass is 10.1. The van der Waals surface area contributed by atoms with Crippen LogP contribution >= 0.6 is 0 Å². The largest absolute Gasteiger partial charge is 0.495 e. The van der Waals surface area contributed by atoms with E-state index in [9.17, 15) is 4.79 Å². The zero-order valence-electron chi connectivity index (χ0n) is 15.6. The summed E-state index contributed by atoms with van der Waals surface area (Å²) in [5.41, 5.74) is 3.01. The highest BCUT2D eigenvalue weighted by Gasteiger charge is 2.13. The number of methoxy groups -OCH3 is 1. The molecule has 0 aliphatic carbocycles. The van der Waals surface area contributed by atoms with Crippen LogP contribution in [-0.4, -0.2) is 23.0 Å². The molecule has 2 N–H and O–H groups in total. The van der Waals surface area contributed by atoms with Crippen molar-refractivity contribution in [1.29, 1.82) is 0 Å². The number of aromatic nitrogens is 2. The van der Waals surface area contributed by atoms with Crippen molar-refractivity contribution in [2.24, 2.45) is 0 Å². The maximum absolute atomic E-state index is 12.6. The summed E-state index contributed by atoms with van der Waals surface area (Å²) in [6, 6.07) is 17.2. The Labute approximate surface area is 158 Å². The first-order chi connectivity index (χ1) is 13.1. The van der Waals surface area contributed by atoms with Crippen LogP contribution < -0.4 is 15.4 Å². The molecule has 0 aliphatic heterocycles. The Kier molecular flexibility index (Phi) is 5.66. The topological polar surface area (TPSA) is 76.1 Å². The van der Waals surface area contributed by atoms with Crippen LogP contribution in [0.5, 0.6) is 5.75 Å². The van der Waals surface area contributed by atoms with Crippen molar-refractivity contribution in [2.45, 2.75) is 19.9 Å². The van der Waals surface area contributed by atoms with Gasteiger partial charge in [-0.2, -0.15) is 0 Å². The monoisotopic (exact) mass is 362 g/mol. The number of hydrogen-bond acceptors (Lipinski definition) is 5. The fraction of sp³-hybridized carbons (Fsp3) is 0.190. The molecule has 1 unspecified atom stereocenters. The van der Waals surface area contributed by atoms with Crippen molar-refractivity contribution in [1.82, 2.24) is 9.97 Å². The van der Waals surface area contributed by atoms with Gasteiger partial charge in [0.2, 0.25) is 5.95 Å². The van der Waals surface area contributed by atoms with Gasteiger partial charge in [-0.05, 0) is 43.2 Å². The molecule has 0 saturated carbocycles. The van der Waals surface area contributed by atoms with Crippen LogP contribution in [0.1, 0.15) is 34.6 Å². The Morgan fingerprint density at radius 1 is 1.11 bits per heavy atom. The first kappa shape index (κ1) is 18.4. The summed E-state index contributed by atoms with van der Waals surface area (Å²) in [5, 5.41) is 6.07. The number of carbonyl (C=O) groups is 1. The van der Waals surface area contributed by atoms with Crippen LogP contribution in [0.4, 0.5) is 11.6 Å². The van der Waals surface area contributed by atoms with Crippen molar-refractivity contribution in [3.8, 4) is 5.75 Å². The third kappa shape index (κ3) is 4.61. The number of anilines is 2. The predicted molar refractivity (Wildman–Crippen MR) is 106 cm³/mol. The van der Waals surface area contributed by atoms with Gasteiger partial charge in [0.25, 0.3) is 5.91 Å². The maximum Gasteiger partial charge on any atom is 0.274 e. The van der Waals surface area contributed by atoms with Crippen LogP contribution in [0.3, 0.4) is 0 Å². The number of nitrogens with zero attached hydrogens (tertiary/aromatic N) is 2. The van der Waals surface area contributed by atoms with Crippen LogP contribution in [0.2, 0.25) is 0 Å². The second kappa shape index (κ2) is 8.31. The molecule has 0 fully saturated rings. The Morgan fingerprint density at radius 3 is 2.63 bits per heavy atom. The van der Waals surface area contributed by atoms with Crippen LogP contribution in [0, 0.1) is 6.92 Å². The van der Waals surface area contributed by atoms with Crippen molar-refractivity contribution in [3.05, 3.63) is 77.6 Å². The SMILES string of the molecule is COc1ccc(C)cc1NC(=O)c1ccnc(NC(C)c2ccccc2)n1. The van der Waals surface area contributed by atoms with E-state index < -0.39 is 0 Å². The fourth-order valence-corrected chi connectivity index (χ4v) is 2.68. The van der Waals surface area contributed by atoms with E-state index in [0.717, 1.165) is 11.1 Å². The van der Waals surface area contributed by atoms with Crippen molar-refractivity contribution < 1.29 is 9.53 Å². The smallest absolute Gasteiger partial charge is 0.274 e. The molecule has 0 radical (unpaired) electrons. The summed E-state index contributed by atoms with van der Waals surface area (Å²) < 4.78 is 5.30. The number of amides is 1. The van der Waals surface area contributed by atoms with Crippen LogP contribution in [-0.2, 0) is 0 Å². The van der Waals surface area contributed by atoms with E-state index in [1.807, 2.05) is 62.4 Å². The van der Waals surface area contributed by atoms with Crippen LogP contribution in [0.15, 0.2) is 60.8 Å². The zero-order chi connectivity index (χ0) is 19.2. The predicted octanol–water partition coefficient (Wildman–Crippen LogP) is 4.22. The molecule has 0 bridgehead atoms. The quantitative estimate of drug-likeness (QED) is 0.687. The average Bonchev–Trinajstić information content (AvgIpc) is 2.69. The molecule has 138 valence electrons. The highest BCUT2D eigenvalue weighted by molar-refractivity contribution is 6.03. The molecule has 0 saturated heterocycles. The van der Waals surface area contributed by atoms with Gasteiger partial charge in [-0.3, -0.25) is 4.79 Å². The standard InChI is InChI=1S/C21H22N4O2/c1-14-9-10-19(27-3)18(13-14)24-20(26)17-11-12-22-21(25-17)23-15(2)16-7-5-4-6-8-16/h4-13,15H,1-3H3,(H,24,26)(H,22,23,25). The lowest BCUT2D eigenvalue weighted by Crippen LogP contribution is -2.16. The molecule has 2 aromatic carbocycles. The highest BCUT2D eigenvalue weighted by Crippen LogP contribution is 2.25. The molecule has 6 heteroatoms. The van der Waals surface area contributed by atoms with Gasteiger partial charge >= 0.3 is 0 Å². The summed E-state index contributed by atoms with van der Waals surface area (Å²) in [5.74, 6) is 0.672. The van der Waals surface area contributed by atoms with Crippen molar-refractivity contribution >= 4 is 17.5 Å². The molecule has 0 aliphatic rings. The summed E-state index contributed by atoms with van der Waals surface area (Å²) >= 11 is 0. The number of carbonyl (C=O) groups excluding carboxylic acids is 1. The number of ether oxygens (including phenoxy) is 1. The summed E-state index contributed by atoms with van der Waals surface area (Å²) in [6.45, 7) is 3.97. The van der Waals surface area contributed by atoms with E-state index in [1.54, 1.807) is 19.4 Å². The van der Waals surface area contributed by atoms with Gasteiger partial charge in [-0.15, -0.1) is 0 Å². The van der Waals surface area contributed by atoms with Gasteiger partial charge in [0.05, 0.1) is 18.8 Å². The highest BCUT2D eigenvalue weighted by atomic mass is 16.5. The van der Waals surface area contributed by atoms with Gasteiger partial charge in [0.15, 0.2) is 0 Å². The molecule has 3 aromatic rings. The van der Waals surface area contributed by atoms with Crippen molar-refractivity contribution in [3.63, 3.8) is 0 Å². The van der Waals surface area contributed by atoms with Gasteiger partial charge in [0, 0.05) is 6.20 Å². The molecule has 3 rings (SSSR count). The molecule has 1 amide bonds. The summed E-state index contributed by atoms with van der Waals surface area (Å²) in [4.78, 5) is 21.2. The molecule has 6 nitrogen and oxygen atoms in total. The van der Waals surface area contributed by atoms with E-state index >= 15 is 0 Å². The lowest BCUT2D eigenvalue weighted by molar-refractivity contribution is 0.102. The Bertz CT molecular complexity index is 928. The Morgan fingerprint density at radius 2 is 1.89 bits per heavy atom. The number of aryl methyl sites for hydroxylation is 1. The first-order valence-corrected chi connectivity index (χ1v) is 8.67. The molecular weight excluding hydrogens is 340 g/mol. The molecule has 1 atom stereocenters. The minimum Gasteiger partial charge on any atom is -0.495 e. The van der Waals surface area contributed by atoms with E-state index in [-0.39, 0.29) is 17.6 Å². The van der Waals surface area contributed by atoms with E-state index in [0.29, 0.717) is 17.4 Å². The molecule has 1 heterocycles. The Balaban J connectivity index is 1.75. The molecule has 0 spiro atoms. The molecular formula is C21H22N4O2. The third-order valence-electron chi connectivity index (χ3n) is 4.14. The van der Waals surface area contributed by atoms with Gasteiger partial charge in [-0.1, -0.05) is 36.4 Å². The van der Waals surface area contributed by atoms with E-state index in [4.69, 9.17) is 4.74 Å². The number of nitrogens with one attached hydrogen (secondary N) is 2. The molecule has 1 aromatic heterocycles. The maximum atomic E-state index is 12.6. The first-order valence-electron chi connectivity index (χ1n) is 8.67. The minimum absolute atomic E-state index is 0.0152. The number of rotatable bonds is 6. The summed E-state index contributed by atoms with van der Waals surface area (Å²) in [7, 11) is 1.57. The Hall–Kier alpha value is -3.41. The van der Waals surface area contributed by atoms with Gasteiger partial charge in [-0.25, -0.2) is 9.97 Å². The normalized spacial score (nSPS) is 11.5. The lowest BCUT2D eigenvalue weighted by Gasteiger charge is -2.15. The number of benzene rings is 2. The third-order valence-corrected chi connectivity index (χ3v) is 4.14. The average molecular weight is 362 g/mol.